The van der Waals surface area contributed by atoms with Crippen LogP contribution in [0, 0.1) is 5.92 Å². The Bertz CT molecular complexity index is 370. The van der Waals surface area contributed by atoms with Crippen molar-refractivity contribution in [3.63, 3.8) is 0 Å². The van der Waals surface area contributed by atoms with E-state index in [1.807, 2.05) is 6.07 Å². The van der Waals surface area contributed by atoms with Crippen molar-refractivity contribution in [3.8, 4) is 0 Å². The zero-order chi connectivity index (χ0) is 11.5. The molecule has 1 aliphatic heterocycles. The van der Waals surface area contributed by atoms with E-state index >= 15 is 0 Å². The Balaban J connectivity index is 2.17. The van der Waals surface area contributed by atoms with Crippen LogP contribution in [0.4, 0.5) is 17.6 Å². The molecule has 0 aliphatic carbocycles. The summed E-state index contributed by atoms with van der Waals surface area (Å²) in [6.45, 7) is 1.97. The van der Waals surface area contributed by atoms with Gasteiger partial charge < -0.3 is 21.1 Å². The van der Waals surface area contributed by atoms with Gasteiger partial charge in [0.15, 0.2) is 0 Å². The van der Waals surface area contributed by atoms with E-state index in [9.17, 15) is 0 Å². The van der Waals surface area contributed by atoms with E-state index in [1.165, 1.54) is 0 Å². The van der Waals surface area contributed by atoms with Gasteiger partial charge in [-0.15, -0.1) is 0 Å². The Morgan fingerprint density at radius 2 is 2.44 bits per heavy atom. The first-order valence-electron chi connectivity index (χ1n) is 5.41. The lowest BCUT2D eigenvalue weighted by Crippen LogP contribution is -2.22. The van der Waals surface area contributed by atoms with Crippen LogP contribution in [0.2, 0.25) is 0 Å². The van der Waals surface area contributed by atoms with E-state index < -0.39 is 0 Å². The second-order valence-electron chi connectivity index (χ2n) is 4.00. The quantitative estimate of drug-likeness (QED) is 0.664. The molecule has 16 heavy (non-hydrogen) atoms. The number of nitrogen functional groups attached to an aromatic ring is 1. The molecule has 1 saturated heterocycles. The standard InChI is InChI=1S/C10H17N5O/c1-12-8-4-9(14-10(11)13-8)15-3-2-7(5-15)6-16/h4,7,16H,2-3,5-6H2,1H3,(H3,11,12,13,14)/t7-/m1/s1. The lowest BCUT2D eigenvalue weighted by Gasteiger charge is -2.17. The van der Waals surface area contributed by atoms with Crippen molar-refractivity contribution in [1.82, 2.24) is 9.97 Å². The van der Waals surface area contributed by atoms with Crippen LogP contribution < -0.4 is 16.0 Å². The van der Waals surface area contributed by atoms with Crippen LogP contribution in [0.25, 0.3) is 0 Å². The zero-order valence-electron chi connectivity index (χ0n) is 9.35. The van der Waals surface area contributed by atoms with E-state index in [-0.39, 0.29) is 12.6 Å². The third-order valence-electron chi connectivity index (χ3n) is 2.85. The minimum Gasteiger partial charge on any atom is -0.396 e. The smallest absolute Gasteiger partial charge is 0.223 e. The molecule has 1 aliphatic rings. The van der Waals surface area contributed by atoms with Crippen LogP contribution in [0.1, 0.15) is 6.42 Å². The number of hydrogen-bond acceptors (Lipinski definition) is 6. The Kier molecular flexibility index (Phi) is 3.09. The van der Waals surface area contributed by atoms with Gasteiger partial charge >= 0.3 is 0 Å². The Morgan fingerprint density at radius 3 is 3.06 bits per heavy atom. The summed E-state index contributed by atoms with van der Waals surface area (Å²) < 4.78 is 0. The molecule has 2 heterocycles. The lowest BCUT2D eigenvalue weighted by atomic mass is 10.1. The number of aromatic nitrogens is 2. The first-order chi connectivity index (χ1) is 7.72. The highest BCUT2D eigenvalue weighted by Crippen LogP contribution is 2.23. The van der Waals surface area contributed by atoms with Crippen LogP contribution in [0.3, 0.4) is 0 Å². The molecule has 0 aromatic carbocycles. The van der Waals surface area contributed by atoms with E-state index in [0.29, 0.717) is 5.92 Å². The predicted molar refractivity (Wildman–Crippen MR) is 63.4 cm³/mol. The molecule has 6 heteroatoms. The molecule has 2 rings (SSSR count). The monoisotopic (exact) mass is 223 g/mol. The molecule has 88 valence electrons. The average molecular weight is 223 g/mol. The molecular weight excluding hydrogens is 206 g/mol. The first kappa shape index (κ1) is 10.9. The van der Waals surface area contributed by atoms with Gasteiger partial charge in [-0.3, -0.25) is 0 Å². The first-order valence-corrected chi connectivity index (χ1v) is 5.41. The van der Waals surface area contributed by atoms with Crippen molar-refractivity contribution in [2.75, 3.05) is 42.7 Å². The van der Waals surface area contributed by atoms with Crippen molar-refractivity contribution in [1.29, 1.82) is 0 Å². The van der Waals surface area contributed by atoms with Crippen LogP contribution in [-0.4, -0.2) is 41.8 Å². The van der Waals surface area contributed by atoms with Gasteiger partial charge in [0.2, 0.25) is 5.95 Å². The van der Waals surface area contributed by atoms with Gasteiger partial charge in [0, 0.05) is 38.7 Å². The third-order valence-corrected chi connectivity index (χ3v) is 2.85. The van der Waals surface area contributed by atoms with Gasteiger partial charge in [0.05, 0.1) is 0 Å². The summed E-state index contributed by atoms with van der Waals surface area (Å²) in [4.78, 5) is 10.4. The van der Waals surface area contributed by atoms with Gasteiger partial charge in [-0.1, -0.05) is 0 Å². The minimum atomic E-state index is 0.232. The number of aliphatic hydroxyl groups is 1. The summed E-state index contributed by atoms with van der Waals surface area (Å²) in [6.07, 6.45) is 0.995. The summed E-state index contributed by atoms with van der Waals surface area (Å²) in [5.41, 5.74) is 5.63. The molecule has 0 spiro atoms. The average Bonchev–Trinajstić information content (AvgIpc) is 2.76. The highest BCUT2D eigenvalue weighted by Gasteiger charge is 2.23. The van der Waals surface area contributed by atoms with Crippen LogP contribution >= 0.6 is 0 Å². The summed E-state index contributed by atoms with van der Waals surface area (Å²) in [6, 6.07) is 1.87. The van der Waals surface area contributed by atoms with Gasteiger partial charge in [-0.05, 0) is 6.42 Å². The number of nitrogens with zero attached hydrogens (tertiary/aromatic N) is 3. The Morgan fingerprint density at radius 1 is 1.62 bits per heavy atom. The SMILES string of the molecule is CNc1cc(N2CC[C@@H](CO)C2)nc(N)n1. The Labute approximate surface area is 94.5 Å². The fourth-order valence-electron chi connectivity index (χ4n) is 1.93. The fraction of sp³-hybridized carbons (Fsp3) is 0.600. The minimum absolute atomic E-state index is 0.232. The molecule has 0 radical (unpaired) electrons. The largest absolute Gasteiger partial charge is 0.396 e. The topological polar surface area (TPSA) is 87.3 Å². The van der Waals surface area contributed by atoms with Crippen molar-refractivity contribution in [2.24, 2.45) is 5.92 Å². The molecule has 1 atom stereocenters. The van der Waals surface area contributed by atoms with E-state index in [1.54, 1.807) is 7.05 Å². The van der Waals surface area contributed by atoms with Crippen molar-refractivity contribution in [3.05, 3.63) is 6.07 Å². The lowest BCUT2D eigenvalue weighted by molar-refractivity contribution is 0.238. The summed E-state index contributed by atoms with van der Waals surface area (Å²) >= 11 is 0. The van der Waals surface area contributed by atoms with Gasteiger partial charge in [-0.25, -0.2) is 0 Å². The summed E-state index contributed by atoms with van der Waals surface area (Å²) in [7, 11) is 1.80. The molecule has 1 fully saturated rings. The highest BCUT2D eigenvalue weighted by atomic mass is 16.3. The number of aliphatic hydroxyl groups excluding tert-OH is 1. The molecule has 1 aromatic rings. The molecule has 0 amide bonds. The van der Waals surface area contributed by atoms with Crippen molar-refractivity contribution >= 4 is 17.6 Å². The number of nitrogens with two attached hydrogens (primary N) is 1. The van der Waals surface area contributed by atoms with E-state index in [4.69, 9.17) is 10.8 Å². The van der Waals surface area contributed by atoms with Crippen LogP contribution in [0.5, 0.6) is 0 Å². The molecular formula is C10H17N5O. The van der Waals surface area contributed by atoms with Crippen molar-refractivity contribution < 1.29 is 5.11 Å². The predicted octanol–water partition coefficient (Wildman–Crippen LogP) is -0.0809. The molecule has 6 nitrogen and oxygen atoms in total. The maximum Gasteiger partial charge on any atom is 0.223 e. The number of hydrogen-bond donors (Lipinski definition) is 3. The molecule has 4 N–H and O–H groups in total. The fourth-order valence-corrected chi connectivity index (χ4v) is 1.93. The van der Waals surface area contributed by atoms with Gasteiger partial charge in [0.1, 0.15) is 11.6 Å². The summed E-state index contributed by atoms with van der Waals surface area (Å²) in [5.74, 6) is 2.16. The molecule has 0 bridgehead atoms. The third kappa shape index (κ3) is 2.16. The van der Waals surface area contributed by atoms with Gasteiger partial charge in [0.25, 0.3) is 0 Å². The Hall–Kier alpha value is -1.56. The second-order valence-corrected chi connectivity index (χ2v) is 4.00. The molecule has 0 unspecified atom stereocenters. The number of anilines is 3. The molecule has 0 saturated carbocycles. The zero-order valence-corrected chi connectivity index (χ0v) is 9.35. The summed E-state index contributed by atoms with van der Waals surface area (Å²) in [5, 5.41) is 12.0. The molecule has 1 aromatic heterocycles. The normalized spacial score (nSPS) is 20.1. The van der Waals surface area contributed by atoms with Crippen LogP contribution in [-0.2, 0) is 0 Å². The van der Waals surface area contributed by atoms with Crippen molar-refractivity contribution in [2.45, 2.75) is 6.42 Å². The van der Waals surface area contributed by atoms with E-state index in [0.717, 1.165) is 31.1 Å². The van der Waals surface area contributed by atoms with Gasteiger partial charge in [-0.2, -0.15) is 9.97 Å². The van der Waals surface area contributed by atoms with E-state index in [2.05, 4.69) is 20.2 Å². The highest BCUT2D eigenvalue weighted by molar-refractivity contribution is 5.52. The number of nitrogens with one attached hydrogen (secondary N) is 1. The number of rotatable bonds is 3. The maximum absolute atomic E-state index is 9.09. The second kappa shape index (κ2) is 4.52. The van der Waals surface area contributed by atoms with Crippen LogP contribution in [0.15, 0.2) is 6.07 Å². The maximum atomic E-state index is 9.09.